The fourth-order valence-electron chi connectivity index (χ4n) is 3.60. The van der Waals surface area contributed by atoms with E-state index in [2.05, 4.69) is 73.4 Å². The number of nitrogens with zero attached hydrogens (tertiary/aromatic N) is 2. The molecule has 1 aliphatic heterocycles. The summed E-state index contributed by atoms with van der Waals surface area (Å²) >= 11 is 1.66. The first-order valence-corrected chi connectivity index (χ1v) is 11.3. The molecule has 1 amide bonds. The number of aryl methyl sites for hydroxylation is 2. The van der Waals surface area contributed by atoms with Gasteiger partial charge in [-0.25, -0.2) is 0 Å². The predicted molar refractivity (Wildman–Crippen MR) is 127 cm³/mol. The van der Waals surface area contributed by atoms with Crippen molar-refractivity contribution in [3.63, 3.8) is 0 Å². The van der Waals surface area contributed by atoms with E-state index in [4.69, 9.17) is 0 Å². The molecule has 4 heteroatoms. The van der Waals surface area contributed by atoms with Crippen LogP contribution >= 0.6 is 11.8 Å². The molecule has 4 rings (SSSR count). The largest absolute Gasteiger partial charge is 0.289 e. The standard InChI is InChI=1S/C26H26N2OS/c1-19-8-9-20(2)24(16-19)18-30-26-27-14-15-28(26)25(29)17-21-10-12-23(13-11-21)22-6-4-3-5-7-22/h3-13,16H,14-15,17-18H2,1-2H3. The van der Waals surface area contributed by atoms with Crippen molar-refractivity contribution in [2.45, 2.75) is 26.0 Å². The number of carbonyl (C=O) groups excluding carboxylic acids is 1. The van der Waals surface area contributed by atoms with E-state index in [1.54, 1.807) is 11.8 Å². The Balaban J connectivity index is 1.38. The Morgan fingerprint density at radius 1 is 0.967 bits per heavy atom. The Kier molecular flexibility index (Phi) is 6.34. The number of rotatable bonds is 5. The maximum Gasteiger partial charge on any atom is 0.233 e. The van der Waals surface area contributed by atoms with Crippen LogP contribution in [0, 0.1) is 13.8 Å². The first-order chi connectivity index (χ1) is 14.6. The maximum absolute atomic E-state index is 12.9. The van der Waals surface area contributed by atoms with Gasteiger partial charge < -0.3 is 0 Å². The van der Waals surface area contributed by atoms with Gasteiger partial charge in [0.15, 0.2) is 5.17 Å². The zero-order valence-electron chi connectivity index (χ0n) is 17.5. The highest BCUT2D eigenvalue weighted by atomic mass is 32.2. The summed E-state index contributed by atoms with van der Waals surface area (Å²) in [6, 6.07) is 25.1. The maximum atomic E-state index is 12.9. The number of thioether (sulfide) groups is 1. The zero-order valence-corrected chi connectivity index (χ0v) is 18.3. The van der Waals surface area contributed by atoms with Crippen LogP contribution in [-0.4, -0.2) is 29.1 Å². The van der Waals surface area contributed by atoms with Crippen molar-refractivity contribution in [1.82, 2.24) is 4.90 Å². The van der Waals surface area contributed by atoms with E-state index in [1.807, 2.05) is 23.1 Å². The summed E-state index contributed by atoms with van der Waals surface area (Å²) < 4.78 is 0. The van der Waals surface area contributed by atoms with E-state index in [9.17, 15) is 4.79 Å². The van der Waals surface area contributed by atoms with Crippen molar-refractivity contribution in [3.8, 4) is 11.1 Å². The van der Waals surface area contributed by atoms with Crippen molar-refractivity contribution in [1.29, 1.82) is 0 Å². The lowest BCUT2D eigenvalue weighted by molar-refractivity contribution is -0.126. The molecule has 0 bridgehead atoms. The van der Waals surface area contributed by atoms with Crippen molar-refractivity contribution >= 4 is 22.8 Å². The van der Waals surface area contributed by atoms with Gasteiger partial charge in [0.25, 0.3) is 0 Å². The second-order valence-corrected chi connectivity index (χ2v) is 8.61. The second-order valence-electron chi connectivity index (χ2n) is 7.67. The van der Waals surface area contributed by atoms with Crippen molar-refractivity contribution in [2.75, 3.05) is 13.1 Å². The Hall–Kier alpha value is -2.85. The highest BCUT2D eigenvalue weighted by Crippen LogP contribution is 2.24. The summed E-state index contributed by atoms with van der Waals surface area (Å²) in [5.41, 5.74) is 7.23. The molecule has 0 unspecified atom stereocenters. The SMILES string of the molecule is Cc1ccc(C)c(CSC2=NCCN2C(=O)Cc2ccc(-c3ccccc3)cc2)c1. The molecule has 0 radical (unpaired) electrons. The average Bonchev–Trinajstić information content (AvgIpc) is 3.24. The fraction of sp³-hybridized carbons (Fsp3) is 0.231. The molecule has 0 spiro atoms. The average molecular weight is 415 g/mol. The minimum atomic E-state index is 0.118. The van der Waals surface area contributed by atoms with Crippen LogP contribution in [0.4, 0.5) is 0 Å². The predicted octanol–water partition coefficient (Wildman–Crippen LogP) is 5.64. The van der Waals surface area contributed by atoms with E-state index in [0.29, 0.717) is 19.5 Å². The van der Waals surface area contributed by atoms with E-state index >= 15 is 0 Å². The highest BCUT2D eigenvalue weighted by Gasteiger charge is 2.24. The summed E-state index contributed by atoms with van der Waals surface area (Å²) in [4.78, 5) is 19.4. The van der Waals surface area contributed by atoms with Crippen LogP contribution in [0.3, 0.4) is 0 Å². The lowest BCUT2D eigenvalue weighted by Crippen LogP contribution is -2.34. The van der Waals surface area contributed by atoms with Gasteiger partial charge in [0.2, 0.25) is 5.91 Å². The molecule has 0 aromatic heterocycles. The molecule has 0 aliphatic carbocycles. The van der Waals surface area contributed by atoms with Crippen LogP contribution in [-0.2, 0) is 17.0 Å². The number of amides is 1. The molecule has 30 heavy (non-hydrogen) atoms. The molecular formula is C26H26N2OS. The van der Waals surface area contributed by atoms with Gasteiger partial charge in [-0.05, 0) is 41.7 Å². The van der Waals surface area contributed by atoms with Gasteiger partial charge in [0.1, 0.15) is 0 Å². The van der Waals surface area contributed by atoms with Crippen LogP contribution in [0.2, 0.25) is 0 Å². The van der Waals surface area contributed by atoms with E-state index in [0.717, 1.165) is 16.5 Å². The molecule has 0 saturated carbocycles. The minimum absolute atomic E-state index is 0.118. The number of aliphatic imine (C=N–C) groups is 1. The number of benzene rings is 3. The Morgan fingerprint density at radius 3 is 2.47 bits per heavy atom. The van der Waals surface area contributed by atoms with Gasteiger partial charge in [-0.15, -0.1) is 0 Å². The summed E-state index contributed by atoms with van der Waals surface area (Å²) in [7, 11) is 0. The summed E-state index contributed by atoms with van der Waals surface area (Å²) in [6.07, 6.45) is 0.401. The van der Waals surface area contributed by atoms with Gasteiger partial charge in [0, 0.05) is 12.3 Å². The molecule has 152 valence electrons. The molecule has 1 heterocycles. The normalized spacial score (nSPS) is 13.4. The number of hydrogen-bond acceptors (Lipinski definition) is 3. The highest BCUT2D eigenvalue weighted by molar-refractivity contribution is 8.13. The molecule has 0 saturated heterocycles. The van der Waals surface area contributed by atoms with Gasteiger partial charge >= 0.3 is 0 Å². The molecular weight excluding hydrogens is 388 g/mol. The van der Waals surface area contributed by atoms with Gasteiger partial charge in [-0.2, -0.15) is 0 Å². The quantitative estimate of drug-likeness (QED) is 0.541. The van der Waals surface area contributed by atoms with Crippen LogP contribution in [0.5, 0.6) is 0 Å². The molecule has 3 aromatic rings. The van der Waals surface area contributed by atoms with Crippen molar-refractivity contribution < 1.29 is 4.79 Å². The van der Waals surface area contributed by atoms with Crippen molar-refractivity contribution in [3.05, 3.63) is 95.1 Å². The monoisotopic (exact) mass is 414 g/mol. The third-order valence-corrected chi connectivity index (χ3v) is 6.44. The third-order valence-electron chi connectivity index (χ3n) is 5.38. The summed E-state index contributed by atoms with van der Waals surface area (Å²) in [5.74, 6) is 0.953. The van der Waals surface area contributed by atoms with Crippen LogP contribution in [0.1, 0.15) is 22.3 Å². The topological polar surface area (TPSA) is 32.7 Å². The fourth-order valence-corrected chi connectivity index (χ4v) is 4.72. The molecule has 0 fully saturated rings. The molecule has 3 aromatic carbocycles. The lowest BCUT2D eigenvalue weighted by Gasteiger charge is -2.18. The first kappa shape index (κ1) is 20.4. The Bertz CT molecular complexity index is 1060. The van der Waals surface area contributed by atoms with Gasteiger partial charge in [-0.3, -0.25) is 14.7 Å². The summed E-state index contributed by atoms with van der Waals surface area (Å²) in [5, 5.41) is 0.849. The first-order valence-electron chi connectivity index (χ1n) is 10.3. The van der Waals surface area contributed by atoms with Gasteiger partial charge in [0.05, 0.1) is 13.0 Å². The smallest absolute Gasteiger partial charge is 0.233 e. The van der Waals surface area contributed by atoms with E-state index in [1.165, 1.54) is 27.8 Å². The zero-order chi connectivity index (χ0) is 20.9. The lowest BCUT2D eigenvalue weighted by atomic mass is 10.0. The van der Waals surface area contributed by atoms with Crippen LogP contribution in [0.25, 0.3) is 11.1 Å². The van der Waals surface area contributed by atoms with Gasteiger partial charge in [-0.1, -0.05) is 90.1 Å². The number of carbonyl (C=O) groups is 1. The number of hydrogen-bond donors (Lipinski definition) is 0. The molecule has 0 N–H and O–H groups in total. The Morgan fingerprint density at radius 2 is 1.70 bits per heavy atom. The second kappa shape index (κ2) is 9.31. The summed E-state index contributed by atoms with van der Waals surface area (Å²) in [6.45, 7) is 5.61. The third kappa shape index (κ3) is 4.82. The minimum Gasteiger partial charge on any atom is -0.289 e. The Labute approximate surface area is 182 Å². The van der Waals surface area contributed by atoms with Crippen LogP contribution in [0.15, 0.2) is 77.8 Å². The van der Waals surface area contributed by atoms with Crippen LogP contribution < -0.4 is 0 Å². The molecule has 3 nitrogen and oxygen atoms in total. The van der Waals surface area contributed by atoms with E-state index in [-0.39, 0.29) is 5.91 Å². The van der Waals surface area contributed by atoms with E-state index < -0.39 is 0 Å². The number of amidine groups is 1. The molecule has 1 aliphatic rings. The van der Waals surface area contributed by atoms with Crippen molar-refractivity contribution in [2.24, 2.45) is 4.99 Å². The molecule has 0 atom stereocenters.